The van der Waals surface area contributed by atoms with E-state index in [1.165, 1.54) is 70.6 Å². The van der Waals surface area contributed by atoms with Crippen LogP contribution in [0.15, 0.2) is 0 Å². The molecule has 168 valence electrons. The van der Waals surface area contributed by atoms with Gasteiger partial charge in [0.1, 0.15) is 0 Å². The molecular weight excluding hydrogens is 365 g/mol. The highest BCUT2D eigenvalue weighted by Crippen LogP contribution is 2.23. The van der Waals surface area contributed by atoms with Gasteiger partial charge in [-0.15, -0.1) is 0 Å². The zero-order valence-electron chi connectivity index (χ0n) is 17.9. The lowest BCUT2D eigenvalue weighted by Crippen LogP contribution is -2.24. The van der Waals surface area contributed by atoms with Crippen molar-refractivity contribution in [3.63, 3.8) is 0 Å². The first-order chi connectivity index (χ1) is 13.6. The van der Waals surface area contributed by atoms with Gasteiger partial charge >= 0.3 is 6.18 Å². The highest BCUT2D eigenvalue weighted by molar-refractivity contribution is 4.62. The molecule has 1 fully saturated rings. The molecule has 2 nitrogen and oxygen atoms in total. The van der Waals surface area contributed by atoms with E-state index in [1.807, 2.05) is 0 Å². The first kappa shape index (κ1) is 25.7. The second-order valence-corrected chi connectivity index (χ2v) is 8.38. The monoisotopic (exact) mass is 408 g/mol. The van der Waals surface area contributed by atoms with Crippen LogP contribution < -0.4 is 0 Å². The lowest BCUT2D eigenvalue weighted by Gasteiger charge is -2.22. The van der Waals surface area contributed by atoms with Gasteiger partial charge in [0.25, 0.3) is 0 Å². The van der Waals surface area contributed by atoms with Crippen LogP contribution in [0.2, 0.25) is 0 Å². The number of hydrogen-bond donors (Lipinski definition) is 0. The van der Waals surface area contributed by atoms with Crippen LogP contribution in [0, 0.1) is 0 Å². The summed E-state index contributed by atoms with van der Waals surface area (Å²) >= 11 is 0. The van der Waals surface area contributed by atoms with Gasteiger partial charge in [0.2, 0.25) is 0 Å². The van der Waals surface area contributed by atoms with Crippen molar-refractivity contribution in [2.75, 3.05) is 19.8 Å². The van der Waals surface area contributed by atoms with Crippen molar-refractivity contribution >= 4 is 0 Å². The van der Waals surface area contributed by atoms with Crippen LogP contribution in [0.4, 0.5) is 13.2 Å². The third-order valence-corrected chi connectivity index (χ3v) is 5.58. The van der Waals surface area contributed by atoms with Gasteiger partial charge in [0.15, 0.2) is 0 Å². The largest absolute Gasteiger partial charge is 0.389 e. The Labute approximate surface area is 170 Å². The van der Waals surface area contributed by atoms with Crippen molar-refractivity contribution in [1.29, 1.82) is 0 Å². The highest BCUT2D eigenvalue weighted by atomic mass is 19.4. The summed E-state index contributed by atoms with van der Waals surface area (Å²) in [5.74, 6) is 0. The van der Waals surface area contributed by atoms with Crippen molar-refractivity contribution in [3.05, 3.63) is 0 Å². The summed E-state index contributed by atoms with van der Waals surface area (Å²) < 4.78 is 47.4. The maximum Gasteiger partial charge on any atom is 0.389 e. The van der Waals surface area contributed by atoms with Crippen LogP contribution in [0.1, 0.15) is 116 Å². The van der Waals surface area contributed by atoms with Gasteiger partial charge in [-0.05, 0) is 32.1 Å². The van der Waals surface area contributed by atoms with Crippen LogP contribution in [-0.2, 0) is 9.47 Å². The molecular formula is C23H43F3O2. The summed E-state index contributed by atoms with van der Waals surface area (Å²) in [5.41, 5.74) is 0. The fourth-order valence-corrected chi connectivity index (χ4v) is 3.80. The number of hydrogen-bond acceptors (Lipinski definition) is 2. The minimum absolute atomic E-state index is 0.296. The second-order valence-electron chi connectivity index (χ2n) is 8.38. The van der Waals surface area contributed by atoms with E-state index >= 15 is 0 Å². The molecule has 0 aromatic carbocycles. The van der Waals surface area contributed by atoms with E-state index in [9.17, 15) is 13.2 Å². The van der Waals surface area contributed by atoms with Crippen LogP contribution in [-0.4, -0.2) is 32.1 Å². The third-order valence-electron chi connectivity index (χ3n) is 5.58. The van der Waals surface area contributed by atoms with Crippen molar-refractivity contribution in [1.82, 2.24) is 0 Å². The minimum Gasteiger partial charge on any atom is -0.379 e. The SMILES string of the molecule is FC(F)(F)CCCCCCCCCCCCCCCCOCC1CCCCO1. The van der Waals surface area contributed by atoms with Crippen molar-refractivity contribution < 1.29 is 22.6 Å². The smallest absolute Gasteiger partial charge is 0.379 e. The zero-order valence-corrected chi connectivity index (χ0v) is 17.9. The summed E-state index contributed by atoms with van der Waals surface area (Å²) in [7, 11) is 0. The fourth-order valence-electron chi connectivity index (χ4n) is 3.80. The quantitative estimate of drug-likeness (QED) is 0.214. The molecule has 5 heteroatoms. The lowest BCUT2D eigenvalue weighted by molar-refractivity contribution is -0.135. The molecule has 0 radical (unpaired) electrons. The molecule has 1 aliphatic rings. The van der Waals surface area contributed by atoms with Crippen molar-refractivity contribution in [3.8, 4) is 0 Å². The number of halogens is 3. The summed E-state index contributed by atoms with van der Waals surface area (Å²) in [6, 6.07) is 0. The molecule has 0 saturated carbocycles. The number of alkyl halides is 3. The van der Waals surface area contributed by atoms with Crippen LogP contribution in [0.25, 0.3) is 0 Å². The molecule has 1 atom stereocenters. The van der Waals surface area contributed by atoms with E-state index in [2.05, 4.69) is 0 Å². The molecule has 1 saturated heterocycles. The molecule has 0 aromatic rings. The Kier molecular flexibility index (Phi) is 16.1. The Balaban J connectivity index is 1.66. The summed E-state index contributed by atoms with van der Waals surface area (Å²) in [6.45, 7) is 2.54. The first-order valence-corrected chi connectivity index (χ1v) is 11.8. The fraction of sp³-hybridized carbons (Fsp3) is 1.00. The van der Waals surface area contributed by atoms with Crippen LogP contribution >= 0.6 is 0 Å². The van der Waals surface area contributed by atoms with Gasteiger partial charge < -0.3 is 9.47 Å². The Hall–Kier alpha value is -0.290. The summed E-state index contributed by atoms with van der Waals surface area (Å²) in [6.07, 6.45) is 15.1. The average molecular weight is 409 g/mol. The molecule has 1 heterocycles. The van der Waals surface area contributed by atoms with Gasteiger partial charge in [-0.1, -0.05) is 77.0 Å². The average Bonchev–Trinajstić information content (AvgIpc) is 2.67. The second kappa shape index (κ2) is 17.6. The highest BCUT2D eigenvalue weighted by Gasteiger charge is 2.25. The molecule has 1 aliphatic heterocycles. The molecule has 0 amide bonds. The molecule has 0 aliphatic carbocycles. The topological polar surface area (TPSA) is 18.5 Å². The minimum atomic E-state index is -3.97. The van der Waals surface area contributed by atoms with E-state index in [0.29, 0.717) is 12.5 Å². The van der Waals surface area contributed by atoms with Gasteiger partial charge in [-0.2, -0.15) is 13.2 Å². The Morgan fingerprint density at radius 2 is 1.18 bits per heavy atom. The summed E-state index contributed by atoms with van der Waals surface area (Å²) in [4.78, 5) is 0. The number of unbranched alkanes of at least 4 members (excludes halogenated alkanes) is 13. The maximum absolute atomic E-state index is 12.0. The normalized spacial score (nSPS) is 17.9. The van der Waals surface area contributed by atoms with E-state index in [0.717, 1.165) is 51.9 Å². The van der Waals surface area contributed by atoms with Crippen molar-refractivity contribution in [2.45, 2.75) is 128 Å². The summed E-state index contributed by atoms with van der Waals surface area (Å²) in [5, 5.41) is 0. The standard InChI is InChI=1S/C23H43F3O2/c24-23(25,26)18-14-11-9-7-5-3-1-2-4-6-8-10-12-15-19-27-21-22-17-13-16-20-28-22/h22H,1-21H2. The number of rotatable bonds is 18. The Morgan fingerprint density at radius 3 is 1.64 bits per heavy atom. The van der Waals surface area contributed by atoms with Gasteiger partial charge in [-0.3, -0.25) is 0 Å². The van der Waals surface area contributed by atoms with E-state index in [4.69, 9.17) is 9.47 Å². The lowest BCUT2D eigenvalue weighted by atomic mass is 10.0. The van der Waals surface area contributed by atoms with Gasteiger partial charge in [-0.25, -0.2) is 0 Å². The van der Waals surface area contributed by atoms with Crippen molar-refractivity contribution in [2.24, 2.45) is 0 Å². The first-order valence-electron chi connectivity index (χ1n) is 11.8. The zero-order chi connectivity index (χ0) is 20.3. The van der Waals surface area contributed by atoms with E-state index in [1.54, 1.807) is 0 Å². The Bertz CT molecular complexity index is 328. The predicted molar refractivity (Wildman–Crippen MR) is 110 cm³/mol. The van der Waals surface area contributed by atoms with E-state index < -0.39 is 12.6 Å². The van der Waals surface area contributed by atoms with Gasteiger partial charge in [0.05, 0.1) is 12.7 Å². The third kappa shape index (κ3) is 17.8. The molecule has 0 aromatic heterocycles. The molecule has 28 heavy (non-hydrogen) atoms. The maximum atomic E-state index is 12.0. The van der Waals surface area contributed by atoms with E-state index in [-0.39, 0.29) is 0 Å². The van der Waals surface area contributed by atoms with Gasteiger partial charge in [0, 0.05) is 19.6 Å². The molecule has 0 N–H and O–H groups in total. The Morgan fingerprint density at radius 1 is 0.679 bits per heavy atom. The molecule has 0 spiro atoms. The number of ether oxygens (including phenoxy) is 2. The molecule has 1 unspecified atom stereocenters. The van der Waals surface area contributed by atoms with Crippen LogP contribution in [0.5, 0.6) is 0 Å². The van der Waals surface area contributed by atoms with Crippen LogP contribution in [0.3, 0.4) is 0 Å². The predicted octanol–water partition coefficient (Wildman–Crippen LogP) is 7.99. The molecule has 0 bridgehead atoms. The molecule has 1 rings (SSSR count).